The predicted molar refractivity (Wildman–Crippen MR) is 102 cm³/mol. The molecule has 0 fully saturated rings. The third-order valence-electron chi connectivity index (χ3n) is 3.99. The van der Waals surface area contributed by atoms with Crippen LogP contribution in [-0.2, 0) is 17.5 Å². The zero-order chi connectivity index (χ0) is 20.9. The molecule has 8 heteroatoms. The third-order valence-corrected chi connectivity index (χ3v) is 3.99. The van der Waals surface area contributed by atoms with E-state index < -0.39 is 17.8 Å². The molecule has 0 saturated carbocycles. The van der Waals surface area contributed by atoms with Gasteiger partial charge in [0.05, 0.1) is 5.56 Å². The molecule has 0 radical (unpaired) electrons. The number of aryl methyl sites for hydroxylation is 1. The van der Waals surface area contributed by atoms with Crippen LogP contribution in [0.2, 0.25) is 0 Å². The lowest BCUT2D eigenvalue weighted by Gasteiger charge is -2.14. The zero-order valence-electron chi connectivity index (χ0n) is 15.8. The summed E-state index contributed by atoms with van der Waals surface area (Å²) >= 11 is 0. The molecule has 3 N–H and O–H groups in total. The maximum Gasteiger partial charge on any atom is 0.416 e. The van der Waals surface area contributed by atoms with Gasteiger partial charge in [-0.3, -0.25) is 4.79 Å². The quantitative estimate of drug-likeness (QED) is 0.674. The van der Waals surface area contributed by atoms with Crippen molar-refractivity contribution in [1.82, 2.24) is 5.32 Å². The van der Waals surface area contributed by atoms with Crippen molar-refractivity contribution in [2.45, 2.75) is 33.5 Å². The molecule has 150 valence electrons. The molecule has 2 aromatic rings. The highest BCUT2D eigenvalue weighted by molar-refractivity contribution is 5.94. The highest BCUT2D eigenvalue weighted by Gasteiger charge is 2.30. The maximum atomic E-state index is 12.7. The number of halogens is 3. The van der Waals surface area contributed by atoms with Gasteiger partial charge in [0.1, 0.15) is 0 Å². The van der Waals surface area contributed by atoms with E-state index in [9.17, 15) is 22.8 Å². The lowest BCUT2D eigenvalue weighted by atomic mass is 10.1. The minimum atomic E-state index is -4.43. The highest BCUT2D eigenvalue weighted by Crippen LogP contribution is 2.29. The van der Waals surface area contributed by atoms with Crippen molar-refractivity contribution >= 4 is 23.3 Å². The molecule has 0 bridgehead atoms. The predicted octanol–water partition coefficient (Wildman–Crippen LogP) is 4.93. The monoisotopic (exact) mass is 393 g/mol. The van der Waals surface area contributed by atoms with Crippen LogP contribution in [0.15, 0.2) is 42.5 Å². The summed E-state index contributed by atoms with van der Waals surface area (Å²) in [6.07, 6.45) is -4.43. The first kappa shape index (κ1) is 21.3. The number of carbonyl (C=O) groups excluding carboxylic acids is 2. The largest absolute Gasteiger partial charge is 0.416 e. The molecular weight excluding hydrogens is 371 g/mol. The minimum absolute atomic E-state index is 0.0570. The van der Waals surface area contributed by atoms with Crippen LogP contribution in [0, 0.1) is 12.8 Å². The Hall–Kier alpha value is -3.03. The molecule has 2 aromatic carbocycles. The molecule has 0 atom stereocenters. The summed E-state index contributed by atoms with van der Waals surface area (Å²) in [6, 6.07) is 9.30. The molecule has 2 rings (SSSR count). The van der Waals surface area contributed by atoms with Crippen LogP contribution < -0.4 is 16.0 Å². The van der Waals surface area contributed by atoms with Crippen molar-refractivity contribution < 1.29 is 22.8 Å². The first-order valence-corrected chi connectivity index (χ1v) is 8.69. The topological polar surface area (TPSA) is 70.2 Å². The number of hydrogen-bond acceptors (Lipinski definition) is 2. The van der Waals surface area contributed by atoms with Crippen LogP contribution in [-0.4, -0.2) is 11.9 Å². The normalized spacial score (nSPS) is 11.2. The third kappa shape index (κ3) is 6.00. The summed E-state index contributed by atoms with van der Waals surface area (Å²) in [6.45, 7) is 5.27. The average Bonchev–Trinajstić information content (AvgIpc) is 2.62. The van der Waals surface area contributed by atoms with Crippen LogP contribution in [0.3, 0.4) is 0 Å². The highest BCUT2D eigenvalue weighted by atomic mass is 19.4. The van der Waals surface area contributed by atoms with Crippen LogP contribution in [0.5, 0.6) is 0 Å². The van der Waals surface area contributed by atoms with E-state index in [1.807, 2.05) is 0 Å². The number of nitrogens with one attached hydrogen (secondary N) is 3. The number of alkyl halides is 3. The summed E-state index contributed by atoms with van der Waals surface area (Å²) in [5, 5.41) is 7.91. The number of rotatable bonds is 5. The van der Waals surface area contributed by atoms with E-state index in [4.69, 9.17) is 0 Å². The van der Waals surface area contributed by atoms with Crippen LogP contribution in [0.4, 0.5) is 29.3 Å². The van der Waals surface area contributed by atoms with E-state index in [-0.39, 0.29) is 18.4 Å². The Labute approximate surface area is 161 Å². The molecule has 0 spiro atoms. The fourth-order valence-electron chi connectivity index (χ4n) is 2.33. The van der Waals surface area contributed by atoms with E-state index in [0.29, 0.717) is 16.9 Å². The Morgan fingerprint density at radius 2 is 1.75 bits per heavy atom. The Bertz CT molecular complexity index is 864. The second-order valence-corrected chi connectivity index (χ2v) is 6.68. The van der Waals surface area contributed by atoms with Gasteiger partial charge in [0.15, 0.2) is 0 Å². The van der Waals surface area contributed by atoms with Crippen molar-refractivity contribution in [2.75, 3.05) is 10.6 Å². The summed E-state index contributed by atoms with van der Waals surface area (Å²) in [7, 11) is 0. The number of benzene rings is 2. The lowest BCUT2D eigenvalue weighted by molar-refractivity contribution is -0.137. The van der Waals surface area contributed by atoms with E-state index >= 15 is 0 Å². The van der Waals surface area contributed by atoms with Crippen LogP contribution >= 0.6 is 0 Å². The van der Waals surface area contributed by atoms with E-state index in [1.165, 1.54) is 12.1 Å². The van der Waals surface area contributed by atoms with Gasteiger partial charge >= 0.3 is 12.2 Å². The van der Waals surface area contributed by atoms with Gasteiger partial charge in [-0.25, -0.2) is 4.79 Å². The molecule has 28 heavy (non-hydrogen) atoms. The van der Waals surface area contributed by atoms with E-state index in [0.717, 1.165) is 17.7 Å². The Morgan fingerprint density at radius 1 is 1.04 bits per heavy atom. The van der Waals surface area contributed by atoms with Gasteiger partial charge in [-0.1, -0.05) is 32.0 Å². The SMILES string of the molecule is Cc1ccc(NC(=O)C(C)C)cc1NC(=O)NCc1cccc(C(F)(F)F)c1. The Morgan fingerprint density at radius 3 is 2.39 bits per heavy atom. The van der Waals surface area contributed by atoms with E-state index in [1.54, 1.807) is 39.0 Å². The standard InChI is InChI=1S/C20H22F3N3O2/c1-12(2)18(27)25-16-8-7-13(3)17(10-16)26-19(28)24-11-14-5-4-6-15(9-14)20(21,22)23/h4-10,12H,11H2,1-3H3,(H,25,27)(H2,24,26,28). The molecule has 0 heterocycles. The van der Waals surface area contributed by atoms with Crippen LogP contribution in [0.25, 0.3) is 0 Å². The molecule has 3 amide bonds. The molecule has 0 aliphatic carbocycles. The summed E-state index contributed by atoms with van der Waals surface area (Å²) in [4.78, 5) is 23.9. The number of carbonyl (C=O) groups is 2. The fraction of sp³-hybridized carbons (Fsp3) is 0.300. The molecule has 0 aromatic heterocycles. The number of anilines is 2. The maximum absolute atomic E-state index is 12.7. The minimum Gasteiger partial charge on any atom is -0.334 e. The van der Waals surface area contributed by atoms with Gasteiger partial charge in [0, 0.05) is 23.8 Å². The van der Waals surface area contributed by atoms with Gasteiger partial charge in [0.25, 0.3) is 0 Å². The van der Waals surface area contributed by atoms with Crippen molar-refractivity contribution in [3.8, 4) is 0 Å². The average molecular weight is 393 g/mol. The van der Waals surface area contributed by atoms with Crippen molar-refractivity contribution in [2.24, 2.45) is 5.92 Å². The molecule has 0 aliphatic rings. The van der Waals surface area contributed by atoms with Gasteiger partial charge < -0.3 is 16.0 Å². The molecule has 0 aliphatic heterocycles. The number of amides is 3. The van der Waals surface area contributed by atoms with Crippen LogP contribution in [0.1, 0.15) is 30.5 Å². The van der Waals surface area contributed by atoms with Crippen molar-refractivity contribution in [3.05, 3.63) is 59.2 Å². The second-order valence-electron chi connectivity index (χ2n) is 6.68. The van der Waals surface area contributed by atoms with Crippen molar-refractivity contribution in [3.63, 3.8) is 0 Å². The van der Waals surface area contributed by atoms with Gasteiger partial charge in [0.2, 0.25) is 5.91 Å². The number of hydrogen-bond donors (Lipinski definition) is 3. The second kappa shape index (κ2) is 8.77. The first-order valence-electron chi connectivity index (χ1n) is 8.69. The Balaban J connectivity index is 2.00. The molecular formula is C20H22F3N3O2. The molecule has 0 saturated heterocycles. The van der Waals surface area contributed by atoms with Gasteiger partial charge in [-0.05, 0) is 42.3 Å². The number of urea groups is 1. The smallest absolute Gasteiger partial charge is 0.334 e. The Kier molecular flexibility index (Phi) is 6.66. The summed E-state index contributed by atoms with van der Waals surface area (Å²) in [5.74, 6) is -0.336. The molecule has 5 nitrogen and oxygen atoms in total. The van der Waals surface area contributed by atoms with Gasteiger partial charge in [-0.15, -0.1) is 0 Å². The first-order chi connectivity index (χ1) is 13.1. The van der Waals surface area contributed by atoms with E-state index in [2.05, 4.69) is 16.0 Å². The van der Waals surface area contributed by atoms with Gasteiger partial charge in [-0.2, -0.15) is 13.2 Å². The fourth-order valence-corrected chi connectivity index (χ4v) is 2.33. The zero-order valence-corrected chi connectivity index (χ0v) is 15.8. The summed E-state index contributed by atoms with van der Waals surface area (Å²) in [5.41, 5.74) is 1.37. The lowest BCUT2D eigenvalue weighted by Crippen LogP contribution is -2.28. The summed E-state index contributed by atoms with van der Waals surface area (Å²) < 4.78 is 38.2. The molecule has 0 unspecified atom stereocenters. The van der Waals surface area contributed by atoms with Crippen molar-refractivity contribution in [1.29, 1.82) is 0 Å².